The zero-order valence-corrected chi connectivity index (χ0v) is 15.3. The standard InChI is InChI=1S/C15H23BrIN/c1-10-7-8-18(3)15(11(10)2)12-5-4-6-14(16)13(12)9-17/h10,12H,4-9H2,1-3H3/t10-,12-/m0/s1. The molecule has 1 aliphatic heterocycles. The summed E-state index contributed by atoms with van der Waals surface area (Å²) < 4.78 is 2.63. The van der Waals surface area contributed by atoms with Gasteiger partial charge in [-0.15, -0.1) is 0 Å². The lowest BCUT2D eigenvalue weighted by atomic mass is 9.80. The molecule has 0 amide bonds. The van der Waals surface area contributed by atoms with Gasteiger partial charge in [-0.2, -0.15) is 0 Å². The normalized spacial score (nSPS) is 30.2. The highest BCUT2D eigenvalue weighted by Crippen LogP contribution is 2.42. The number of rotatable bonds is 2. The third-order valence-electron chi connectivity index (χ3n) is 4.58. The first-order chi connectivity index (χ1) is 8.56. The Kier molecular flexibility index (Phi) is 5.21. The second-order valence-corrected chi connectivity index (χ2v) is 7.41. The lowest BCUT2D eigenvalue weighted by Gasteiger charge is -2.40. The Labute approximate surface area is 133 Å². The largest absolute Gasteiger partial charge is 0.377 e. The van der Waals surface area contributed by atoms with Crippen LogP contribution < -0.4 is 0 Å². The topological polar surface area (TPSA) is 3.24 Å². The smallest absolute Gasteiger partial charge is 0.0223 e. The summed E-state index contributed by atoms with van der Waals surface area (Å²) in [6.45, 7) is 5.95. The van der Waals surface area contributed by atoms with Crippen molar-refractivity contribution < 1.29 is 0 Å². The van der Waals surface area contributed by atoms with Gasteiger partial charge in [-0.1, -0.05) is 51.0 Å². The molecule has 0 saturated heterocycles. The molecule has 3 heteroatoms. The summed E-state index contributed by atoms with van der Waals surface area (Å²) in [4.78, 5) is 2.51. The zero-order chi connectivity index (χ0) is 13.3. The number of hydrogen-bond donors (Lipinski definition) is 0. The monoisotopic (exact) mass is 423 g/mol. The van der Waals surface area contributed by atoms with Gasteiger partial charge in [-0.05, 0) is 48.6 Å². The maximum Gasteiger partial charge on any atom is 0.0223 e. The molecule has 0 radical (unpaired) electrons. The average molecular weight is 424 g/mol. The van der Waals surface area contributed by atoms with E-state index in [4.69, 9.17) is 0 Å². The van der Waals surface area contributed by atoms with Crippen molar-refractivity contribution in [3.05, 3.63) is 21.3 Å². The Morgan fingerprint density at radius 1 is 1.39 bits per heavy atom. The Hall–Kier alpha value is 0.490. The van der Waals surface area contributed by atoms with E-state index in [1.54, 1.807) is 16.8 Å². The van der Waals surface area contributed by atoms with Crippen molar-refractivity contribution in [3.8, 4) is 0 Å². The van der Waals surface area contributed by atoms with E-state index in [1.165, 1.54) is 36.7 Å². The summed E-state index contributed by atoms with van der Waals surface area (Å²) in [6, 6.07) is 0. The van der Waals surface area contributed by atoms with Crippen LogP contribution >= 0.6 is 38.5 Å². The molecule has 0 unspecified atom stereocenters. The molecule has 0 fully saturated rings. The summed E-state index contributed by atoms with van der Waals surface area (Å²) in [5.41, 5.74) is 4.88. The molecule has 2 aliphatic rings. The molecule has 0 bridgehead atoms. The van der Waals surface area contributed by atoms with Crippen molar-refractivity contribution in [3.63, 3.8) is 0 Å². The van der Waals surface area contributed by atoms with Crippen LogP contribution in [0.15, 0.2) is 21.3 Å². The summed E-state index contributed by atoms with van der Waals surface area (Å²) in [7, 11) is 2.28. The van der Waals surface area contributed by atoms with Gasteiger partial charge in [-0.3, -0.25) is 0 Å². The van der Waals surface area contributed by atoms with Gasteiger partial charge in [0.05, 0.1) is 0 Å². The second-order valence-electron chi connectivity index (χ2n) is 5.69. The number of hydrogen-bond acceptors (Lipinski definition) is 1. The summed E-state index contributed by atoms with van der Waals surface area (Å²) in [5.74, 6) is 1.42. The predicted molar refractivity (Wildman–Crippen MR) is 91.3 cm³/mol. The van der Waals surface area contributed by atoms with Gasteiger partial charge in [0.2, 0.25) is 0 Å². The van der Waals surface area contributed by atoms with Crippen LogP contribution in [0.25, 0.3) is 0 Å². The molecule has 18 heavy (non-hydrogen) atoms. The van der Waals surface area contributed by atoms with Crippen molar-refractivity contribution in [1.29, 1.82) is 0 Å². The number of allylic oxidation sites excluding steroid dienone is 3. The molecular formula is C15H23BrIN. The van der Waals surface area contributed by atoms with Crippen LogP contribution in [0.3, 0.4) is 0 Å². The highest BCUT2D eigenvalue weighted by molar-refractivity contribution is 14.1. The first kappa shape index (κ1) is 14.9. The molecule has 1 aliphatic carbocycles. The van der Waals surface area contributed by atoms with Crippen LogP contribution in [0.1, 0.15) is 39.5 Å². The Balaban J connectivity index is 2.40. The molecule has 102 valence electrons. The van der Waals surface area contributed by atoms with Gasteiger partial charge in [0.1, 0.15) is 0 Å². The maximum absolute atomic E-state index is 3.81. The van der Waals surface area contributed by atoms with Crippen molar-refractivity contribution in [2.45, 2.75) is 39.5 Å². The van der Waals surface area contributed by atoms with Gasteiger partial charge in [0.25, 0.3) is 0 Å². The fourth-order valence-corrected chi connectivity index (χ4v) is 5.48. The molecule has 0 aromatic heterocycles. The van der Waals surface area contributed by atoms with Crippen LogP contribution in [0.5, 0.6) is 0 Å². The van der Waals surface area contributed by atoms with Gasteiger partial charge in [0, 0.05) is 29.6 Å². The highest BCUT2D eigenvalue weighted by Gasteiger charge is 2.31. The number of halogens is 2. The minimum absolute atomic E-state index is 0.665. The van der Waals surface area contributed by atoms with Crippen molar-refractivity contribution in [2.24, 2.45) is 11.8 Å². The molecule has 0 saturated carbocycles. The van der Waals surface area contributed by atoms with E-state index in [1.807, 2.05) is 0 Å². The van der Waals surface area contributed by atoms with E-state index in [0.717, 1.165) is 10.3 Å². The molecular weight excluding hydrogens is 401 g/mol. The minimum atomic E-state index is 0.665. The third-order valence-corrected chi connectivity index (χ3v) is 6.31. The van der Waals surface area contributed by atoms with E-state index < -0.39 is 0 Å². The van der Waals surface area contributed by atoms with Crippen LogP contribution in [0, 0.1) is 11.8 Å². The van der Waals surface area contributed by atoms with E-state index >= 15 is 0 Å². The van der Waals surface area contributed by atoms with Gasteiger partial charge in [-0.25, -0.2) is 0 Å². The van der Waals surface area contributed by atoms with E-state index in [2.05, 4.69) is 64.3 Å². The number of nitrogens with zero attached hydrogens (tertiary/aromatic N) is 1. The fourth-order valence-electron chi connectivity index (χ4n) is 3.27. The Bertz CT molecular complexity index is 386. The molecule has 0 N–H and O–H groups in total. The average Bonchev–Trinajstić information content (AvgIpc) is 2.35. The van der Waals surface area contributed by atoms with Crippen LogP contribution in [0.2, 0.25) is 0 Å². The first-order valence-corrected chi connectivity index (χ1v) is 9.23. The zero-order valence-electron chi connectivity index (χ0n) is 11.6. The molecule has 0 aromatic rings. The van der Waals surface area contributed by atoms with Gasteiger partial charge >= 0.3 is 0 Å². The van der Waals surface area contributed by atoms with Crippen molar-refractivity contribution >= 4 is 38.5 Å². The summed E-state index contributed by atoms with van der Waals surface area (Å²) in [6.07, 6.45) is 5.20. The maximum atomic E-state index is 3.81. The first-order valence-electron chi connectivity index (χ1n) is 6.91. The molecule has 1 nitrogen and oxygen atoms in total. The van der Waals surface area contributed by atoms with Gasteiger partial charge < -0.3 is 4.90 Å². The van der Waals surface area contributed by atoms with E-state index in [0.29, 0.717) is 5.92 Å². The van der Waals surface area contributed by atoms with E-state index in [9.17, 15) is 0 Å². The van der Waals surface area contributed by atoms with Crippen LogP contribution in [-0.2, 0) is 0 Å². The third kappa shape index (κ3) is 2.82. The summed E-state index contributed by atoms with van der Waals surface area (Å²) in [5, 5.41) is 0. The predicted octanol–water partition coefficient (Wildman–Crippen LogP) is 5.12. The molecule has 1 heterocycles. The summed E-state index contributed by atoms with van der Waals surface area (Å²) >= 11 is 6.33. The minimum Gasteiger partial charge on any atom is -0.377 e. The quantitative estimate of drug-likeness (QED) is 0.440. The SMILES string of the molecule is CC1=C([C@H]2CCCC(Br)=C2CI)N(C)CC[C@@H]1C. The highest BCUT2D eigenvalue weighted by atomic mass is 127. The van der Waals surface area contributed by atoms with Gasteiger partial charge in [0.15, 0.2) is 0 Å². The van der Waals surface area contributed by atoms with E-state index in [-0.39, 0.29) is 0 Å². The number of alkyl halides is 1. The molecule has 2 atom stereocenters. The van der Waals surface area contributed by atoms with Crippen LogP contribution in [-0.4, -0.2) is 22.9 Å². The Morgan fingerprint density at radius 3 is 2.78 bits per heavy atom. The molecule has 0 spiro atoms. The molecule has 0 aromatic carbocycles. The lowest BCUT2D eigenvalue weighted by Crippen LogP contribution is -2.34. The van der Waals surface area contributed by atoms with Crippen LogP contribution in [0.4, 0.5) is 0 Å². The van der Waals surface area contributed by atoms with Crippen molar-refractivity contribution in [1.82, 2.24) is 4.90 Å². The second kappa shape index (κ2) is 6.29. The lowest BCUT2D eigenvalue weighted by molar-refractivity contribution is 0.298. The Morgan fingerprint density at radius 2 is 2.11 bits per heavy atom. The van der Waals surface area contributed by atoms with Crippen molar-refractivity contribution in [2.75, 3.05) is 18.0 Å². The fraction of sp³-hybridized carbons (Fsp3) is 0.733. The molecule has 2 rings (SSSR count).